The van der Waals surface area contributed by atoms with Crippen LogP contribution in [0, 0.1) is 0 Å². The van der Waals surface area contributed by atoms with Crippen molar-refractivity contribution in [1.29, 1.82) is 0 Å². The first kappa shape index (κ1) is 15.1. The number of nitrogens with one attached hydrogen (secondary N) is 1. The van der Waals surface area contributed by atoms with E-state index >= 15 is 0 Å². The molecular formula is C13H21N7O. The monoisotopic (exact) mass is 291 g/mol. The summed E-state index contributed by atoms with van der Waals surface area (Å²) in [7, 11) is 0. The summed E-state index contributed by atoms with van der Waals surface area (Å²) in [6, 6.07) is 0.241. The second kappa shape index (κ2) is 5.63. The topological polar surface area (TPSA) is 90.5 Å². The summed E-state index contributed by atoms with van der Waals surface area (Å²) in [6.07, 6.45) is 3.21. The van der Waals surface area contributed by atoms with E-state index < -0.39 is 0 Å². The molecule has 2 rings (SSSR count). The first-order valence-electron chi connectivity index (χ1n) is 6.87. The molecule has 2 aromatic heterocycles. The van der Waals surface area contributed by atoms with E-state index in [1.54, 1.807) is 17.3 Å². The van der Waals surface area contributed by atoms with Crippen molar-refractivity contribution in [2.24, 2.45) is 0 Å². The largest absolute Gasteiger partial charge is 0.342 e. The predicted octanol–water partition coefficient (Wildman–Crippen LogP) is 1.14. The number of carbonyl (C=O) groups excluding carboxylic acids is 1. The van der Waals surface area contributed by atoms with Gasteiger partial charge < -0.3 is 9.88 Å². The lowest BCUT2D eigenvalue weighted by atomic mass is 10.1. The van der Waals surface area contributed by atoms with E-state index in [1.807, 2.05) is 39.2 Å². The third-order valence-electron chi connectivity index (χ3n) is 2.99. The van der Waals surface area contributed by atoms with E-state index in [0.717, 1.165) is 0 Å². The lowest BCUT2D eigenvalue weighted by Crippen LogP contribution is -2.27. The van der Waals surface area contributed by atoms with Gasteiger partial charge in [0, 0.05) is 6.04 Å². The maximum Gasteiger partial charge on any atom is 0.291 e. The molecule has 0 saturated heterocycles. The van der Waals surface area contributed by atoms with E-state index in [-0.39, 0.29) is 23.3 Å². The zero-order chi connectivity index (χ0) is 15.6. The number of hydrogen-bond donors (Lipinski definition) is 1. The number of amides is 1. The van der Waals surface area contributed by atoms with Crippen molar-refractivity contribution in [2.45, 2.75) is 52.7 Å². The highest BCUT2D eigenvalue weighted by molar-refractivity contribution is 5.90. The lowest BCUT2D eigenvalue weighted by molar-refractivity contribution is 0.0938. The molecule has 0 fully saturated rings. The molecule has 1 amide bonds. The van der Waals surface area contributed by atoms with Crippen molar-refractivity contribution in [1.82, 2.24) is 34.8 Å². The van der Waals surface area contributed by atoms with Crippen LogP contribution in [0.5, 0.6) is 0 Å². The van der Waals surface area contributed by atoms with Crippen LogP contribution in [0.1, 0.15) is 57.1 Å². The SMILES string of the molecule is CC(C)n1cnnc1CNC(=O)c1ncn(C(C)(C)C)n1. The number of rotatable bonds is 4. The molecule has 0 aliphatic heterocycles. The van der Waals surface area contributed by atoms with E-state index in [1.165, 1.54) is 0 Å². The van der Waals surface area contributed by atoms with Crippen LogP contribution in [-0.4, -0.2) is 35.4 Å². The first-order valence-corrected chi connectivity index (χ1v) is 6.87. The molecule has 0 bridgehead atoms. The maximum atomic E-state index is 12.1. The predicted molar refractivity (Wildman–Crippen MR) is 76.6 cm³/mol. The highest BCUT2D eigenvalue weighted by Crippen LogP contribution is 2.11. The summed E-state index contributed by atoms with van der Waals surface area (Å²) in [5, 5.41) is 14.8. The Hall–Kier alpha value is -2.25. The summed E-state index contributed by atoms with van der Waals surface area (Å²) in [6.45, 7) is 10.3. The molecule has 0 aliphatic rings. The fourth-order valence-electron chi connectivity index (χ4n) is 1.75. The summed E-state index contributed by atoms with van der Waals surface area (Å²) in [5.74, 6) is 0.533. The molecule has 0 unspecified atom stereocenters. The van der Waals surface area contributed by atoms with Crippen molar-refractivity contribution < 1.29 is 4.79 Å². The molecule has 0 atom stereocenters. The van der Waals surface area contributed by atoms with Crippen molar-refractivity contribution in [3.8, 4) is 0 Å². The van der Waals surface area contributed by atoms with Crippen LogP contribution < -0.4 is 5.32 Å². The van der Waals surface area contributed by atoms with E-state index in [2.05, 4.69) is 25.6 Å². The third-order valence-corrected chi connectivity index (χ3v) is 2.99. The Labute approximate surface area is 123 Å². The van der Waals surface area contributed by atoms with Gasteiger partial charge in [-0.1, -0.05) is 0 Å². The van der Waals surface area contributed by atoms with Crippen molar-refractivity contribution in [2.75, 3.05) is 0 Å². The maximum absolute atomic E-state index is 12.1. The minimum atomic E-state index is -0.323. The summed E-state index contributed by atoms with van der Waals surface area (Å²) in [5.41, 5.74) is -0.205. The van der Waals surface area contributed by atoms with Gasteiger partial charge in [0.25, 0.3) is 5.91 Å². The van der Waals surface area contributed by atoms with Gasteiger partial charge in [-0.15, -0.1) is 15.3 Å². The van der Waals surface area contributed by atoms with Crippen molar-refractivity contribution in [3.63, 3.8) is 0 Å². The Morgan fingerprint density at radius 3 is 2.62 bits per heavy atom. The fraction of sp³-hybridized carbons (Fsp3) is 0.615. The van der Waals surface area contributed by atoms with Crippen LogP contribution in [0.4, 0.5) is 0 Å². The van der Waals surface area contributed by atoms with Crippen LogP contribution in [-0.2, 0) is 12.1 Å². The van der Waals surface area contributed by atoms with E-state index in [0.29, 0.717) is 12.4 Å². The quantitative estimate of drug-likeness (QED) is 0.912. The average molecular weight is 291 g/mol. The van der Waals surface area contributed by atoms with E-state index in [4.69, 9.17) is 0 Å². The molecule has 2 heterocycles. The molecule has 114 valence electrons. The van der Waals surface area contributed by atoms with E-state index in [9.17, 15) is 4.79 Å². The number of carbonyl (C=O) groups is 1. The highest BCUT2D eigenvalue weighted by atomic mass is 16.2. The molecule has 0 aliphatic carbocycles. The standard InChI is InChI=1S/C13H21N7O/c1-9(2)19-8-16-17-10(19)6-14-12(21)11-15-7-20(18-11)13(3,4)5/h7-9H,6H2,1-5H3,(H,14,21). The molecular weight excluding hydrogens is 270 g/mol. The van der Waals surface area contributed by atoms with Gasteiger partial charge in [-0.25, -0.2) is 9.67 Å². The van der Waals surface area contributed by atoms with Crippen LogP contribution in [0.2, 0.25) is 0 Å². The molecule has 8 heteroatoms. The summed E-state index contributed by atoms with van der Waals surface area (Å²) < 4.78 is 3.57. The Morgan fingerprint density at radius 1 is 1.33 bits per heavy atom. The fourth-order valence-corrected chi connectivity index (χ4v) is 1.75. The van der Waals surface area contributed by atoms with Gasteiger partial charge in [0.15, 0.2) is 5.82 Å². The molecule has 0 aromatic carbocycles. The van der Waals surface area contributed by atoms with Gasteiger partial charge in [0.05, 0.1) is 12.1 Å². The Kier molecular flexibility index (Phi) is 4.06. The molecule has 21 heavy (non-hydrogen) atoms. The molecule has 0 spiro atoms. The molecule has 8 nitrogen and oxygen atoms in total. The molecule has 0 saturated carbocycles. The Morgan fingerprint density at radius 2 is 2.05 bits per heavy atom. The number of nitrogens with zero attached hydrogens (tertiary/aromatic N) is 6. The zero-order valence-corrected chi connectivity index (χ0v) is 13.0. The summed E-state index contributed by atoms with van der Waals surface area (Å²) >= 11 is 0. The Bertz CT molecular complexity index is 620. The normalized spacial score (nSPS) is 11.9. The molecule has 0 radical (unpaired) electrons. The van der Waals surface area contributed by atoms with Crippen molar-refractivity contribution >= 4 is 5.91 Å². The van der Waals surface area contributed by atoms with Crippen LogP contribution in [0.3, 0.4) is 0 Å². The van der Waals surface area contributed by atoms with Gasteiger partial charge in [-0.2, -0.15) is 0 Å². The molecule has 2 aromatic rings. The van der Waals surface area contributed by atoms with Crippen molar-refractivity contribution in [3.05, 3.63) is 24.3 Å². The van der Waals surface area contributed by atoms with Gasteiger partial charge in [0.1, 0.15) is 12.7 Å². The highest BCUT2D eigenvalue weighted by Gasteiger charge is 2.18. The zero-order valence-electron chi connectivity index (χ0n) is 13.0. The van der Waals surface area contributed by atoms with Crippen LogP contribution >= 0.6 is 0 Å². The second-order valence-corrected chi connectivity index (χ2v) is 6.11. The minimum absolute atomic E-state index is 0.153. The van der Waals surface area contributed by atoms with Crippen LogP contribution in [0.25, 0.3) is 0 Å². The van der Waals surface area contributed by atoms with Crippen LogP contribution in [0.15, 0.2) is 12.7 Å². The third kappa shape index (κ3) is 3.45. The summed E-state index contributed by atoms with van der Waals surface area (Å²) in [4.78, 5) is 16.1. The van der Waals surface area contributed by atoms with Gasteiger partial charge in [-0.05, 0) is 34.6 Å². The minimum Gasteiger partial charge on any atom is -0.342 e. The first-order chi connectivity index (χ1) is 9.79. The second-order valence-electron chi connectivity index (χ2n) is 6.11. The number of aromatic nitrogens is 6. The lowest BCUT2D eigenvalue weighted by Gasteiger charge is -2.17. The number of hydrogen-bond acceptors (Lipinski definition) is 5. The molecule has 1 N–H and O–H groups in total. The smallest absolute Gasteiger partial charge is 0.291 e. The average Bonchev–Trinajstić information content (AvgIpc) is 3.03. The van der Waals surface area contributed by atoms with Gasteiger partial charge in [-0.3, -0.25) is 4.79 Å². The van der Waals surface area contributed by atoms with Gasteiger partial charge >= 0.3 is 0 Å². The van der Waals surface area contributed by atoms with Gasteiger partial charge in [0.2, 0.25) is 5.82 Å². The Balaban J connectivity index is 2.02.